The van der Waals surface area contributed by atoms with E-state index >= 15 is 0 Å². The van der Waals surface area contributed by atoms with Gasteiger partial charge in [-0.05, 0) is 30.9 Å². The molecule has 0 saturated heterocycles. The first-order chi connectivity index (χ1) is 9.03. The van der Waals surface area contributed by atoms with Gasteiger partial charge in [-0.3, -0.25) is 0 Å². The summed E-state index contributed by atoms with van der Waals surface area (Å²) in [5, 5.41) is 0. The number of nitrogen functional groups attached to an aromatic ring is 1. The molecule has 0 bridgehead atoms. The minimum atomic E-state index is -3.50. The molecule has 2 unspecified atom stereocenters. The summed E-state index contributed by atoms with van der Waals surface area (Å²) in [5.74, 6) is 0.634. The average molecular weight is 282 g/mol. The molecule has 2 atom stereocenters. The van der Waals surface area contributed by atoms with Gasteiger partial charge in [0.1, 0.15) is 4.90 Å². The number of anilines is 1. The van der Waals surface area contributed by atoms with Crippen LogP contribution in [0.1, 0.15) is 39.0 Å². The molecule has 106 valence electrons. The van der Waals surface area contributed by atoms with E-state index in [2.05, 4.69) is 11.6 Å². The van der Waals surface area contributed by atoms with Gasteiger partial charge in [-0.1, -0.05) is 38.3 Å². The molecule has 1 saturated carbocycles. The third-order valence-corrected chi connectivity index (χ3v) is 5.48. The van der Waals surface area contributed by atoms with E-state index < -0.39 is 10.0 Å². The van der Waals surface area contributed by atoms with Crippen LogP contribution < -0.4 is 10.5 Å². The summed E-state index contributed by atoms with van der Waals surface area (Å²) in [4.78, 5) is 0.189. The highest BCUT2D eigenvalue weighted by molar-refractivity contribution is 7.89. The largest absolute Gasteiger partial charge is 0.398 e. The Labute approximate surface area is 115 Å². The van der Waals surface area contributed by atoms with Crippen LogP contribution in [0, 0.1) is 5.92 Å². The predicted octanol–water partition coefficient (Wildman–Crippen LogP) is 2.52. The van der Waals surface area contributed by atoms with Gasteiger partial charge >= 0.3 is 0 Å². The Morgan fingerprint density at radius 2 is 2.05 bits per heavy atom. The van der Waals surface area contributed by atoms with Crippen LogP contribution in [0.25, 0.3) is 0 Å². The number of hydrogen-bond acceptors (Lipinski definition) is 3. The number of sulfonamides is 1. The van der Waals surface area contributed by atoms with E-state index in [1.807, 2.05) is 0 Å². The molecule has 1 aromatic rings. The molecule has 0 aromatic heterocycles. The highest BCUT2D eigenvalue weighted by Gasteiger charge is 2.26. The number of hydrogen-bond donors (Lipinski definition) is 2. The Morgan fingerprint density at radius 1 is 1.32 bits per heavy atom. The van der Waals surface area contributed by atoms with Gasteiger partial charge < -0.3 is 5.73 Å². The summed E-state index contributed by atoms with van der Waals surface area (Å²) in [6.07, 6.45) is 5.27. The van der Waals surface area contributed by atoms with E-state index in [0.29, 0.717) is 11.6 Å². The first-order valence-corrected chi connectivity index (χ1v) is 8.38. The first kappa shape index (κ1) is 14.3. The molecule has 1 aliphatic rings. The molecule has 5 heteroatoms. The summed E-state index contributed by atoms with van der Waals surface area (Å²) < 4.78 is 27.5. The molecule has 1 aromatic carbocycles. The van der Waals surface area contributed by atoms with Gasteiger partial charge in [0, 0.05) is 6.04 Å². The number of benzene rings is 1. The van der Waals surface area contributed by atoms with Crippen molar-refractivity contribution in [2.45, 2.75) is 50.0 Å². The molecular formula is C14H22N2O2S. The molecule has 0 radical (unpaired) electrons. The fraction of sp³-hybridized carbons (Fsp3) is 0.571. The van der Waals surface area contributed by atoms with Gasteiger partial charge in [0.05, 0.1) is 5.69 Å². The zero-order valence-electron chi connectivity index (χ0n) is 11.3. The molecule has 0 aliphatic heterocycles. The van der Waals surface area contributed by atoms with Gasteiger partial charge in [0.2, 0.25) is 10.0 Å². The normalized spacial score (nSPS) is 24.3. The molecule has 1 fully saturated rings. The maximum Gasteiger partial charge on any atom is 0.242 e. The van der Waals surface area contributed by atoms with Crippen molar-refractivity contribution in [1.82, 2.24) is 4.72 Å². The van der Waals surface area contributed by atoms with Crippen LogP contribution in [-0.4, -0.2) is 14.5 Å². The van der Waals surface area contributed by atoms with Crippen molar-refractivity contribution in [2.75, 3.05) is 5.73 Å². The van der Waals surface area contributed by atoms with Gasteiger partial charge in [-0.15, -0.1) is 0 Å². The first-order valence-electron chi connectivity index (χ1n) is 6.89. The Balaban J connectivity index is 2.11. The van der Waals surface area contributed by atoms with Crippen LogP contribution in [0.4, 0.5) is 5.69 Å². The minimum absolute atomic E-state index is 0.0447. The molecular weight excluding hydrogens is 260 g/mol. The maximum absolute atomic E-state index is 12.3. The highest BCUT2D eigenvalue weighted by atomic mass is 32.2. The van der Waals surface area contributed by atoms with Crippen molar-refractivity contribution >= 4 is 15.7 Å². The molecule has 2 rings (SSSR count). The molecule has 4 nitrogen and oxygen atoms in total. The van der Waals surface area contributed by atoms with Crippen LogP contribution in [0.3, 0.4) is 0 Å². The Hall–Kier alpha value is -1.07. The van der Waals surface area contributed by atoms with E-state index in [9.17, 15) is 8.42 Å². The standard InChI is InChI=1S/C14H22N2O2S/c1-2-11-6-5-7-12(10-11)16-19(17,18)14-9-4-3-8-13(14)15/h3-4,8-9,11-12,16H,2,5-7,10,15H2,1H3. The predicted molar refractivity (Wildman–Crippen MR) is 77.2 cm³/mol. The molecule has 3 N–H and O–H groups in total. The van der Waals surface area contributed by atoms with Crippen LogP contribution in [-0.2, 0) is 10.0 Å². The van der Waals surface area contributed by atoms with Gasteiger partial charge in [-0.2, -0.15) is 0 Å². The second-order valence-corrected chi connectivity index (χ2v) is 6.98. The molecule has 19 heavy (non-hydrogen) atoms. The van der Waals surface area contributed by atoms with Crippen molar-refractivity contribution in [1.29, 1.82) is 0 Å². The number of nitrogens with one attached hydrogen (secondary N) is 1. The highest BCUT2D eigenvalue weighted by Crippen LogP contribution is 2.28. The number of nitrogens with two attached hydrogens (primary N) is 1. The number of rotatable bonds is 4. The van der Waals surface area contributed by atoms with Crippen molar-refractivity contribution in [3.63, 3.8) is 0 Å². The third-order valence-electron chi connectivity index (χ3n) is 3.89. The number of para-hydroxylation sites is 1. The van der Waals surface area contributed by atoms with Gasteiger partial charge in [-0.25, -0.2) is 13.1 Å². The lowest BCUT2D eigenvalue weighted by molar-refractivity contribution is 0.301. The van der Waals surface area contributed by atoms with Crippen molar-refractivity contribution in [3.05, 3.63) is 24.3 Å². The van der Waals surface area contributed by atoms with Crippen LogP contribution >= 0.6 is 0 Å². The van der Waals surface area contributed by atoms with Gasteiger partial charge in [0.15, 0.2) is 0 Å². The van der Waals surface area contributed by atoms with E-state index in [4.69, 9.17) is 5.73 Å². The second kappa shape index (κ2) is 5.92. The average Bonchev–Trinajstić information content (AvgIpc) is 2.38. The second-order valence-electron chi connectivity index (χ2n) is 5.30. The molecule has 1 aliphatic carbocycles. The van der Waals surface area contributed by atoms with Crippen molar-refractivity contribution < 1.29 is 8.42 Å². The summed E-state index contributed by atoms with van der Waals surface area (Å²) in [5.41, 5.74) is 6.05. The van der Waals surface area contributed by atoms with E-state index in [1.54, 1.807) is 24.3 Å². The summed E-state index contributed by atoms with van der Waals surface area (Å²) in [6.45, 7) is 2.16. The fourth-order valence-corrected chi connectivity index (χ4v) is 4.19. The fourth-order valence-electron chi connectivity index (χ4n) is 2.78. The molecule has 0 heterocycles. The van der Waals surface area contributed by atoms with Crippen molar-refractivity contribution in [2.24, 2.45) is 5.92 Å². The quantitative estimate of drug-likeness (QED) is 0.833. The SMILES string of the molecule is CCC1CCCC(NS(=O)(=O)c2ccccc2N)C1. The molecule has 0 amide bonds. The Bertz CT molecular complexity index is 528. The summed E-state index contributed by atoms with van der Waals surface area (Å²) in [7, 11) is -3.50. The monoisotopic (exact) mass is 282 g/mol. The van der Waals surface area contributed by atoms with Crippen molar-refractivity contribution in [3.8, 4) is 0 Å². The smallest absolute Gasteiger partial charge is 0.242 e. The maximum atomic E-state index is 12.3. The van der Waals surface area contributed by atoms with E-state index in [0.717, 1.165) is 25.7 Å². The topological polar surface area (TPSA) is 72.2 Å². The molecule has 0 spiro atoms. The summed E-state index contributed by atoms with van der Waals surface area (Å²) in [6, 6.07) is 6.65. The van der Waals surface area contributed by atoms with E-state index in [-0.39, 0.29) is 10.9 Å². The minimum Gasteiger partial charge on any atom is -0.398 e. The van der Waals surface area contributed by atoms with Crippen LogP contribution in [0.15, 0.2) is 29.2 Å². The Kier molecular flexibility index (Phi) is 4.47. The third kappa shape index (κ3) is 3.48. The van der Waals surface area contributed by atoms with Crippen LogP contribution in [0.2, 0.25) is 0 Å². The lowest BCUT2D eigenvalue weighted by Gasteiger charge is -2.29. The van der Waals surface area contributed by atoms with E-state index in [1.165, 1.54) is 6.42 Å². The zero-order chi connectivity index (χ0) is 13.9. The Morgan fingerprint density at radius 3 is 2.74 bits per heavy atom. The lowest BCUT2D eigenvalue weighted by atomic mass is 9.85. The van der Waals surface area contributed by atoms with Gasteiger partial charge in [0.25, 0.3) is 0 Å². The zero-order valence-corrected chi connectivity index (χ0v) is 12.1. The lowest BCUT2D eigenvalue weighted by Crippen LogP contribution is -2.38. The van der Waals surface area contributed by atoms with Crippen LogP contribution in [0.5, 0.6) is 0 Å². The summed E-state index contributed by atoms with van der Waals surface area (Å²) >= 11 is 0.